The summed E-state index contributed by atoms with van der Waals surface area (Å²) in [5.41, 5.74) is 4.09. The molecular weight excluding hydrogens is 385 g/mol. The summed E-state index contributed by atoms with van der Waals surface area (Å²) < 4.78 is 44.8. The zero-order valence-corrected chi connectivity index (χ0v) is 17.2. The fourth-order valence-electron chi connectivity index (χ4n) is 3.39. The van der Waals surface area contributed by atoms with Crippen molar-refractivity contribution in [3.05, 3.63) is 102 Å². The summed E-state index contributed by atoms with van der Waals surface area (Å²) in [7, 11) is 0. The Morgan fingerprint density at radius 2 is 1.60 bits per heavy atom. The molecule has 3 aromatic rings. The summed E-state index contributed by atoms with van der Waals surface area (Å²) in [4.78, 5) is 0. The van der Waals surface area contributed by atoms with E-state index >= 15 is 0 Å². The van der Waals surface area contributed by atoms with Gasteiger partial charge in [0.15, 0.2) is 0 Å². The third-order valence-corrected chi connectivity index (χ3v) is 4.95. The number of hydrogen-bond acceptors (Lipinski definition) is 1. The van der Waals surface area contributed by atoms with Gasteiger partial charge in [0.1, 0.15) is 12.4 Å². The highest BCUT2D eigenvalue weighted by molar-refractivity contribution is 5.67. The quantitative estimate of drug-likeness (QED) is 0.358. The maximum absolute atomic E-state index is 12.9. The molecule has 1 atom stereocenters. The van der Waals surface area contributed by atoms with Crippen molar-refractivity contribution in [2.24, 2.45) is 0 Å². The van der Waals surface area contributed by atoms with Crippen molar-refractivity contribution in [2.75, 3.05) is 0 Å². The lowest BCUT2D eigenvalue weighted by molar-refractivity contribution is -0.137. The molecule has 0 amide bonds. The second-order valence-corrected chi connectivity index (χ2v) is 7.70. The molecule has 0 aliphatic rings. The Balaban J connectivity index is 1.93. The molecule has 0 aromatic heterocycles. The van der Waals surface area contributed by atoms with Gasteiger partial charge in [-0.05, 0) is 65.8 Å². The summed E-state index contributed by atoms with van der Waals surface area (Å²) in [6.07, 6.45) is -3.52. The van der Waals surface area contributed by atoms with E-state index in [9.17, 15) is 13.2 Å². The first-order valence-corrected chi connectivity index (χ1v) is 9.86. The van der Waals surface area contributed by atoms with Gasteiger partial charge in [-0.15, -0.1) is 6.58 Å². The van der Waals surface area contributed by atoms with Crippen LogP contribution in [0.1, 0.15) is 42.9 Å². The van der Waals surface area contributed by atoms with Crippen molar-refractivity contribution < 1.29 is 17.9 Å². The van der Waals surface area contributed by atoms with Gasteiger partial charge >= 0.3 is 6.18 Å². The Hall–Kier alpha value is -3.01. The molecule has 0 radical (unpaired) electrons. The Bertz CT molecular complexity index is 989. The first kappa shape index (κ1) is 21.7. The van der Waals surface area contributed by atoms with Crippen molar-refractivity contribution >= 4 is 0 Å². The summed E-state index contributed by atoms with van der Waals surface area (Å²) in [6.45, 7) is 8.52. The van der Waals surface area contributed by atoms with Crippen LogP contribution in [0.2, 0.25) is 0 Å². The fraction of sp³-hybridized carbons (Fsp3) is 0.231. The smallest absolute Gasteiger partial charge is 0.416 e. The molecule has 156 valence electrons. The highest BCUT2D eigenvalue weighted by Gasteiger charge is 2.30. The van der Waals surface area contributed by atoms with Gasteiger partial charge in [0.05, 0.1) is 5.56 Å². The van der Waals surface area contributed by atoms with Gasteiger partial charge in [-0.2, -0.15) is 13.2 Å². The van der Waals surface area contributed by atoms with E-state index in [0.717, 1.165) is 46.4 Å². The van der Waals surface area contributed by atoms with Gasteiger partial charge in [-0.1, -0.05) is 61.0 Å². The largest absolute Gasteiger partial charge is 0.489 e. The summed E-state index contributed by atoms with van der Waals surface area (Å²) in [6, 6.07) is 21.0. The van der Waals surface area contributed by atoms with Gasteiger partial charge in [0.2, 0.25) is 0 Å². The molecule has 3 aromatic carbocycles. The van der Waals surface area contributed by atoms with Crippen LogP contribution in [0.25, 0.3) is 11.1 Å². The third kappa shape index (κ3) is 5.76. The van der Waals surface area contributed by atoms with E-state index in [-0.39, 0.29) is 5.92 Å². The van der Waals surface area contributed by atoms with Gasteiger partial charge < -0.3 is 4.74 Å². The van der Waals surface area contributed by atoms with Crippen LogP contribution in [0.15, 0.2) is 84.9 Å². The van der Waals surface area contributed by atoms with E-state index in [1.54, 1.807) is 0 Å². The molecule has 0 spiro atoms. The first-order valence-electron chi connectivity index (χ1n) is 9.86. The lowest BCUT2D eigenvalue weighted by Gasteiger charge is -2.17. The van der Waals surface area contributed by atoms with Crippen LogP contribution in [-0.4, -0.2) is 0 Å². The van der Waals surface area contributed by atoms with Crippen LogP contribution in [-0.2, 0) is 12.8 Å². The van der Waals surface area contributed by atoms with E-state index in [1.807, 2.05) is 55.5 Å². The van der Waals surface area contributed by atoms with Crippen LogP contribution in [0.4, 0.5) is 13.2 Å². The van der Waals surface area contributed by atoms with Crippen LogP contribution >= 0.6 is 0 Å². The molecule has 0 N–H and O–H groups in total. The number of benzene rings is 3. The number of halogens is 3. The first-order chi connectivity index (χ1) is 14.2. The van der Waals surface area contributed by atoms with Crippen molar-refractivity contribution in [1.82, 2.24) is 0 Å². The van der Waals surface area contributed by atoms with E-state index < -0.39 is 11.7 Å². The standard InChI is InChI=1S/C26H25F3O/c1-18(2)13-19(3)22-14-23(21-9-11-24(12-10-21)26(27,28)29)16-25(15-22)30-17-20-7-5-4-6-8-20/h4-12,14-16,19H,1,13,17H2,2-3H3. The van der Waals surface area contributed by atoms with E-state index in [0.29, 0.717) is 12.4 Å². The minimum absolute atomic E-state index is 0.218. The molecule has 3 rings (SSSR count). The van der Waals surface area contributed by atoms with Gasteiger partial charge in [0.25, 0.3) is 0 Å². The van der Waals surface area contributed by atoms with E-state index in [2.05, 4.69) is 13.5 Å². The second-order valence-electron chi connectivity index (χ2n) is 7.70. The SMILES string of the molecule is C=C(C)CC(C)c1cc(OCc2ccccc2)cc(-c2ccc(C(F)(F)F)cc2)c1. The van der Waals surface area contributed by atoms with Crippen molar-refractivity contribution in [3.63, 3.8) is 0 Å². The predicted molar refractivity (Wildman–Crippen MR) is 116 cm³/mol. The Labute approximate surface area is 175 Å². The maximum Gasteiger partial charge on any atom is 0.416 e. The van der Waals surface area contributed by atoms with Crippen LogP contribution in [0.5, 0.6) is 5.75 Å². The molecule has 30 heavy (non-hydrogen) atoms. The predicted octanol–water partition coefficient (Wildman–Crippen LogP) is 8.02. The summed E-state index contributed by atoms with van der Waals surface area (Å²) in [5, 5.41) is 0. The van der Waals surface area contributed by atoms with Gasteiger partial charge in [-0.25, -0.2) is 0 Å². The van der Waals surface area contributed by atoms with Crippen LogP contribution < -0.4 is 4.74 Å². The highest BCUT2D eigenvalue weighted by atomic mass is 19.4. The number of ether oxygens (including phenoxy) is 1. The van der Waals surface area contributed by atoms with E-state index in [1.165, 1.54) is 12.1 Å². The van der Waals surface area contributed by atoms with Crippen molar-refractivity contribution in [3.8, 4) is 16.9 Å². The molecule has 0 fully saturated rings. The molecule has 0 heterocycles. The van der Waals surface area contributed by atoms with Crippen molar-refractivity contribution in [1.29, 1.82) is 0 Å². The van der Waals surface area contributed by atoms with Gasteiger partial charge in [-0.3, -0.25) is 0 Å². The molecule has 0 aliphatic heterocycles. The number of allylic oxidation sites excluding steroid dienone is 1. The van der Waals surface area contributed by atoms with E-state index in [4.69, 9.17) is 4.74 Å². The molecule has 4 heteroatoms. The average Bonchev–Trinajstić information content (AvgIpc) is 2.72. The zero-order chi connectivity index (χ0) is 21.7. The molecule has 0 saturated carbocycles. The minimum atomic E-state index is -4.35. The topological polar surface area (TPSA) is 9.23 Å². The third-order valence-electron chi connectivity index (χ3n) is 4.95. The molecule has 1 nitrogen and oxygen atoms in total. The summed E-state index contributed by atoms with van der Waals surface area (Å²) in [5.74, 6) is 0.913. The van der Waals surface area contributed by atoms with Crippen molar-refractivity contribution in [2.45, 2.75) is 39.0 Å². The second kappa shape index (κ2) is 9.21. The summed E-state index contributed by atoms with van der Waals surface area (Å²) >= 11 is 0. The number of rotatable bonds is 7. The Morgan fingerprint density at radius 1 is 0.933 bits per heavy atom. The molecule has 0 bridgehead atoms. The maximum atomic E-state index is 12.9. The molecule has 1 unspecified atom stereocenters. The van der Waals surface area contributed by atoms with Crippen LogP contribution in [0, 0.1) is 0 Å². The minimum Gasteiger partial charge on any atom is -0.489 e. The van der Waals surface area contributed by atoms with Crippen LogP contribution in [0.3, 0.4) is 0 Å². The number of hydrogen-bond donors (Lipinski definition) is 0. The Kier molecular flexibility index (Phi) is 6.66. The normalized spacial score (nSPS) is 12.4. The fourth-order valence-corrected chi connectivity index (χ4v) is 3.39. The highest BCUT2D eigenvalue weighted by Crippen LogP contribution is 2.34. The monoisotopic (exact) mass is 410 g/mol. The molecule has 0 saturated heterocycles. The lowest BCUT2D eigenvalue weighted by atomic mass is 9.91. The number of alkyl halides is 3. The average molecular weight is 410 g/mol. The van der Waals surface area contributed by atoms with Gasteiger partial charge in [0, 0.05) is 0 Å². The molecule has 0 aliphatic carbocycles. The molecular formula is C26H25F3O. The lowest BCUT2D eigenvalue weighted by Crippen LogP contribution is -2.04. The zero-order valence-electron chi connectivity index (χ0n) is 17.2. The Morgan fingerprint density at radius 3 is 2.20 bits per heavy atom.